The van der Waals surface area contributed by atoms with Gasteiger partial charge in [0, 0.05) is 18.7 Å². The molecule has 1 saturated heterocycles. The Balaban J connectivity index is 1.77. The zero-order valence-corrected chi connectivity index (χ0v) is 21.5. The highest BCUT2D eigenvalue weighted by Crippen LogP contribution is 2.47. The molecular formula is C29H35N3O5. The van der Waals surface area contributed by atoms with Gasteiger partial charge in [0.25, 0.3) is 0 Å². The summed E-state index contributed by atoms with van der Waals surface area (Å²) >= 11 is 0. The number of carbonyl (C=O) groups excluding carboxylic acids is 3. The Morgan fingerprint density at radius 1 is 1.05 bits per heavy atom. The predicted octanol–water partition coefficient (Wildman–Crippen LogP) is 3.16. The van der Waals surface area contributed by atoms with Crippen molar-refractivity contribution in [3.63, 3.8) is 0 Å². The molecule has 8 heteroatoms. The van der Waals surface area contributed by atoms with Crippen LogP contribution in [0.2, 0.25) is 0 Å². The summed E-state index contributed by atoms with van der Waals surface area (Å²) in [5, 5.41) is 16.1. The fourth-order valence-corrected chi connectivity index (χ4v) is 5.83. The lowest BCUT2D eigenvalue weighted by Gasteiger charge is -2.34. The molecule has 1 aliphatic carbocycles. The highest BCUT2D eigenvalue weighted by Gasteiger charge is 2.58. The van der Waals surface area contributed by atoms with Crippen molar-refractivity contribution in [3.05, 3.63) is 72.3 Å². The molecule has 196 valence electrons. The van der Waals surface area contributed by atoms with E-state index in [0.717, 1.165) is 18.4 Å². The van der Waals surface area contributed by atoms with Crippen LogP contribution in [0.5, 0.6) is 5.75 Å². The lowest BCUT2D eigenvalue weighted by molar-refractivity contribution is -0.143. The lowest BCUT2D eigenvalue weighted by Crippen LogP contribution is -2.46. The Kier molecular flexibility index (Phi) is 8.28. The molecule has 0 spiro atoms. The molecule has 2 aromatic carbocycles. The number of aliphatic hydroxyl groups excluding tert-OH is 1. The molecule has 0 bridgehead atoms. The second kappa shape index (κ2) is 11.6. The first-order valence-corrected chi connectivity index (χ1v) is 12.8. The molecule has 0 unspecified atom stereocenters. The van der Waals surface area contributed by atoms with Crippen molar-refractivity contribution in [2.75, 3.05) is 26.1 Å². The molecule has 37 heavy (non-hydrogen) atoms. The van der Waals surface area contributed by atoms with Gasteiger partial charge in [-0.25, -0.2) is 0 Å². The smallest absolute Gasteiger partial charge is 0.247 e. The first kappa shape index (κ1) is 26.4. The van der Waals surface area contributed by atoms with Crippen molar-refractivity contribution >= 4 is 23.4 Å². The third-order valence-electron chi connectivity index (χ3n) is 7.54. The van der Waals surface area contributed by atoms with Crippen LogP contribution in [0, 0.1) is 23.7 Å². The molecular weight excluding hydrogens is 470 g/mol. The van der Waals surface area contributed by atoms with E-state index in [9.17, 15) is 19.5 Å². The minimum Gasteiger partial charge on any atom is -0.497 e. The zero-order chi connectivity index (χ0) is 26.5. The first-order chi connectivity index (χ1) is 17.9. The Bertz CT molecular complexity index is 1130. The fourth-order valence-electron chi connectivity index (χ4n) is 5.83. The minimum atomic E-state index is -0.900. The number of hydrogen-bond donors (Lipinski definition) is 3. The van der Waals surface area contributed by atoms with Crippen LogP contribution in [0.3, 0.4) is 0 Å². The van der Waals surface area contributed by atoms with Crippen LogP contribution < -0.4 is 15.4 Å². The van der Waals surface area contributed by atoms with Crippen LogP contribution in [0.25, 0.3) is 0 Å². The normalized spacial score (nSPS) is 25.4. The van der Waals surface area contributed by atoms with Crippen molar-refractivity contribution in [1.82, 2.24) is 10.2 Å². The van der Waals surface area contributed by atoms with E-state index >= 15 is 0 Å². The highest BCUT2D eigenvalue weighted by atomic mass is 16.5. The van der Waals surface area contributed by atoms with Gasteiger partial charge in [0.15, 0.2) is 0 Å². The summed E-state index contributed by atoms with van der Waals surface area (Å²) < 4.78 is 5.21. The molecule has 0 aromatic heterocycles. The van der Waals surface area contributed by atoms with Gasteiger partial charge in [-0.15, -0.1) is 0 Å². The number of aliphatic hydroxyl groups is 1. The Labute approximate surface area is 217 Å². The number of fused-ring (bicyclic) bond motifs is 1. The number of benzene rings is 2. The van der Waals surface area contributed by atoms with E-state index in [2.05, 4.69) is 10.6 Å². The third kappa shape index (κ3) is 5.11. The Morgan fingerprint density at radius 2 is 1.76 bits per heavy atom. The number of hydrogen-bond acceptors (Lipinski definition) is 5. The Hall–Kier alpha value is -3.65. The van der Waals surface area contributed by atoms with Crippen molar-refractivity contribution < 1.29 is 24.2 Å². The second-order valence-corrected chi connectivity index (χ2v) is 9.60. The van der Waals surface area contributed by atoms with E-state index in [0.29, 0.717) is 11.4 Å². The van der Waals surface area contributed by atoms with Crippen molar-refractivity contribution in [3.8, 4) is 5.75 Å². The van der Waals surface area contributed by atoms with Crippen LogP contribution in [0.15, 0.2) is 66.7 Å². The van der Waals surface area contributed by atoms with Gasteiger partial charge in [0.05, 0.1) is 31.6 Å². The molecule has 3 N–H and O–H groups in total. The monoisotopic (exact) mass is 505 g/mol. The zero-order valence-electron chi connectivity index (χ0n) is 21.5. The molecule has 3 amide bonds. The molecule has 1 fully saturated rings. The van der Waals surface area contributed by atoms with E-state index < -0.39 is 29.8 Å². The number of nitrogens with one attached hydrogen (secondary N) is 2. The van der Waals surface area contributed by atoms with Crippen LogP contribution in [-0.4, -0.2) is 54.5 Å². The maximum Gasteiger partial charge on any atom is 0.247 e. The number of nitrogens with zero attached hydrogens (tertiary/aromatic N) is 1. The second-order valence-electron chi connectivity index (χ2n) is 9.60. The van der Waals surface area contributed by atoms with E-state index in [1.165, 1.54) is 4.90 Å². The van der Waals surface area contributed by atoms with Crippen LogP contribution >= 0.6 is 0 Å². The standard InChI is InChI=1S/C29H35N3O5/c1-4-8-19-11-16-22-25(24(19)27(34)30-2)29(36)32(23(17-33)18-9-6-5-7-10-18)26(22)28(35)31-20-12-14-21(37-3)15-13-20/h5-7,9-16,19,22-26,33H,4,8,17H2,1-3H3,(H,30,34)(H,31,35)/t19-,22+,23-,24-,25+,26+/m1/s1. The number of rotatable bonds is 9. The average molecular weight is 506 g/mol. The first-order valence-electron chi connectivity index (χ1n) is 12.8. The maximum atomic E-state index is 14.1. The van der Waals surface area contributed by atoms with Gasteiger partial charge < -0.3 is 25.4 Å². The number of anilines is 1. The number of methoxy groups -OCH3 is 1. The number of carbonyl (C=O) groups is 3. The predicted molar refractivity (Wildman–Crippen MR) is 141 cm³/mol. The van der Waals surface area contributed by atoms with Crippen molar-refractivity contribution in [1.29, 1.82) is 0 Å². The van der Waals surface area contributed by atoms with Gasteiger partial charge >= 0.3 is 0 Å². The quantitative estimate of drug-likeness (QED) is 0.454. The Morgan fingerprint density at radius 3 is 2.35 bits per heavy atom. The van der Waals surface area contributed by atoms with E-state index in [4.69, 9.17) is 4.74 Å². The maximum absolute atomic E-state index is 14.1. The molecule has 1 aliphatic heterocycles. The fraction of sp³-hybridized carbons (Fsp3) is 0.414. The summed E-state index contributed by atoms with van der Waals surface area (Å²) in [7, 11) is 3.14. The van der Waals surface area contributed by atoms with Gasteiger partial charge in [-0.05, 0) is 42.2 Å². The molecule has 6 atom stereocenters. The number of ether oxygens (including phenoxy) is 1. The topological polar surface area (TPSA) is 108 Å². The summed E-state index contributed by atoms with van der Waals surface area (Å²) in [6, 6.07) is 14.5. The summed E-state index contributed by atoms with van der Waals surface area (Å²) in [4.78, 5) is 42.6. The molecule has 8 nitrogen and oxygen atoms in total. The van der Waals surface area contributed by atoms with Gasteiger partial charge in [-0.3, -0.25) is 14.4 Å². The van der Waals surface area contributed by atoms with Crippen LogP contribution in [-0.2, 0) is 14.4 Å². The molecule has 0 radical (unpaired) electrons. The van der Waals surface area contributed by atoms with E-state index in [1.807, 2.05) is 49.4 Å². The highest BCUT2D eigenvalue weighted by molar-refractivity contribution is 6.02. The number of allylic oxidation sites excluding steroid dienone is 1. The summed E-state index contributed by atoms with van der Waals surface area (Å²) in [6.07, 6.45) is 5.55. The summed E-state index contributed by atoms with van der Waals surface area (Å²) in [5.74, 6) is -2.12. The minimum absolute atomic E-state index is 0.107. The van der Waals surface area contributed by atoms with Crippen molar-refractivity contribution in [2.24, 2.45) is 23.7 Å². The van der Waals surface area contributed by atoms with Crippen LogP contribution in [0.4, 0.5) is 5.69 Å². The molecule has 1 heterocycles. The number of likely N-dealkylation sites (tertiary alicyclic amines) is 1. The largest absolute Gasteiger partial charge is 0.497 e. The molecule has 2 aromatic rings. The average Bonchev–Trinajstić information content (AvgIpc) is 3.22. The SMILES string of the molecule is CCC[C@@H]1C=C[C@H]2[C@H](C(=O)N([C@H](CO)c3ccccc3)[C@@H]2C(=O)Nc2ccc(OC)cc2)[C@@H]1C(=O)NC. The van der Waals surface area contributed by atoms with Gasteiger partial charge in [0.1, 0.15) is 11.8 Å². The van der Waals surface area contributed by atoms with Crippen molar-refractivity contribution in [2.45, 2.75) is 31.8 Å². The summed E-state index contributed by atoms with van der Waals surface area (Å²) in [5.41, 5.74) is 1.29. The van der Waals surface area contributed by atoms with Gasteiger partial charge in [0.2, 0.25) is 17.7 Å². The molecule has 4 rings (SSSR count). The van der Waals surface area contributed by atoms with E-state index in [1.54, 1.807) is 38.4 Å². The van der Waals surface area contributed by atoms with E-state index in [-0.39, 0.29) is 30.2 Å². The van der Waals surface area contributed by atoms with Gasteiger partial charge in [-0.1, -0.05) is 55.8 Å². The number of amides is 3. The lowest BCUT2D eigenvalue weighted by atomic mass is 9.68. The molecule has 0 saturated carbocycles. The van der Waals surface area contributed by atoms with Crippen LogP contribution in [0.1, 0.15) is 31.4 Å². The van der Waals surface area contributed by atoms with Gasteiger partial charge in [-0.2, -0.15) is 0 Å². The summed E-state index contributed by atoms with van der Waals surface area (Å²) in [6.45, 7) is 1.69. The third-order valence-corrected chi connectivity index (χ3v) is 7.54. The molecule has 2 aliphatic rings.